The molecule has 0 unspecified atom stereocenters. The van der Waals surface area contributed by atoms with Crippen molar-refractivity contribution >= 4 is 5.96 Å². The van der Waals surface area contributed by atoms with Crippen LogP contribution >= 0.6 is 0 Å². The van der Waals surface area contributed by atoms with Crippen LogP contribution in [0.15, 0.2) is 4.99 Å². The fourth-order valence-corrected chi connectivity index (χ4v) is 0.241. The minimum Gasteiger partial charge on any atom is -0.370 e. The second-order valence-corrected chi connectivity index (χ2v) is 1.54. The van der Waals surface area contributed by atoms with Gasteiger partial charge in [-0.2, -0.15) is 0 Å². The summed E-state index contributed by atoms with van der Waals surface area (Å²) in [5.41, 5.74) is 10.0. The van der Waals surface area contributed by atoms with Crippen LogP contribution in [-0.4, -0.2) is 22.8 Å². The SMILES string of the molecule is CCCN=C(N)N.O=[N+]([O-])O. The number of guanidine groups is 1. The molecule has 11 heavy (non-hydrogen) atoms. The van der Waals surface area contributed by atoms with Crippen LogP contribution in [0.4, 0.5) is 0 Å². The molecule has 66 valence electrons. The summed E-state index contributed by atoms with van der Waals surface area (Å²) in [6.07, 6.45) is 0.998. The monoisotopic (exact) mass is 164 g/mol. The molecular formula is C4H12N4O3. The highest BCUT2D eigenvalue weighted by Gasteiger charge is 1.74. The van der Waals surface area contributed by atoms with E-state index in [1.165, 1.54) is 0 Å². The molecule has 0 aromatic heterocycles. The molecule has 0 aliphatic carbocycles. The Morgan fingerprint density at radius 1 is 1.73 bits per heavy atom. The predicted molar refractivity (Wildman–Crippen MR) is 39.7 cm³/mol. The van der Waals surface area contributed by atoms with E-state index in [4.69, 9.17) is 26.8 Å². The summed E-state index contributed by atoms with van der Waals surface area (Å²) >= 11 is 0. The van der Waals surface area contributed by atoms with Gasteiger partial charge in [-0.05, 0) is 6.42 Å². The highest BCUT2D eigenvalue weighted by molar-refractivity contribution is 5.75. The third kappa shape index (κ3) is 58.1. The lowest BCUT2D eigenvalue weighted by Gasteiger charge is -1.86. The van der Waals surface area contributed by atoms with Crippen molar-refractivity contribution in [3.63, 3.8) is 0 Å². The second kappa shape index (κ2) is 8.47. The maximum Gasteiger partial charge on any atom is 0.291 e. The topological polar surface area (TPSA) is 128 Å². The number of hydrogen-bond acceptors (Lipinski definition) is 3. The van der Waals surface area contributed by atoms with E-state index in [9.17, 15) is 0 Å². The van der Waals surface area contributed by atoms with E-state index in [2.05, 4.69) is 4.99 Å². The lowest BCUT2D eigenvalue weighted by Crippen LogP contribution is -2.22. The minimum atomic E-state index is -1.50. The quantitative estimate of drug-likeness (QED) is 0.215. The molecule has 0 rings (SSSR count). The van der Waals surface area contributed by atoms with E-state index >= 15 is 0 Å². The van der Waals surface area contributed by atoms with Gasteiger partial charge in [0.2, 0.25) is 0 Å². The molecule has 0 spiro atoms. The van der Waals surface area contributed by atoms with Crippen molar-refractivity contribution in [1.82, 2.24) is 0 Å². The predicted octanol–water partition coefficient (Wildman–Crippen LogP) is -0.678. The summed E-state index contributed by atoms with van der Waals surface area (Å²) in [5.74, 6) is 0.182. The molecule has 0 saturated heterocycles. The molecule has 0 amide bonds. The van der Waals surface area contributed by atoms with E-state index in [1.807, 2.05) is 6.92 Å². The van der Waals surface area contributed by atoms with Gasteiger partial charge in [0.15, 0.2) is 5.96 Å². The molecule has 5 N–H and O–H groups in total. The zero-order valence-electron chi connectivity index (χ0n) is 6.23. The average Bonchev–Trinajstić information content (AvgIpc) is 1.82. The third-order valence-corrected chi connectivity index (χ3v) is 0.518. The molecule has 0 atom stereocenters. The van der Waals surface area contributed by atoms with Gasteiger partial charge in [0.25, 0.3) is 5.09 Å². The number of hydrogen-bond donors (Lipinski definition) is 3. The number of nitrogens with two attached hydrogens (primary N) is 2. The fraction of sp³-hybridized carbons (Fsp3) is 0.750. The summed E-state index contributed by atoms with van der Waals surface area (Å²) in [4.78, 5) is 12.1. The molecule has 0 bridgehead atoms. The van der Waals surface area contributed by atoms with Crippen molar-refractivity contribution in [3.05, 3.63) is 10.1 Å². The first-order valence-corrected chi connectivity index (χ1v) is 2.89. The second-order valence-electron chi connectivity index (χ2n) is 1.54. The summed E-state index contributed by atoms with van der Waals surface area (Å²) in [5, 5.41) is 13.6. The van der Waals surface area contributed by atoms with Gasteiger partial charge in [0.1, 0.15) is 0 Å². The van der Waals surface area contributed by atoms with Crippen molar-refractivity contribution in [2.75, 3.05) is 6.54 Å². The maximum absolute atomic E-state index is 8.36. The van der Waals surface area contributed by atoms with Crippen molar-refractivity contribution < 1.29 is 10.3 Å². The third-order valence-electron chi connectivity index (χ3n) is 0.518. The normalized spacial score (nSPS) is 7.36. The largest absolute Gasteiger partial charge is 0.370 e. The zero-order valence-corrected chi connectivity index (χ0v) is 6.23. The molecule has 0 saturated carbocycles. The Kier molecular flexibility index (Phi) is 9.37. The molecule has 0 fully saturated rings. The zero-order chi connectivity index (χ0) is 9.28. The van der Waals surface area contributed by atoms with Crippen molar-refractivity contribution in [2.45, 2.75) is 13.3 Å². The Morgan fingerprint density at radius 2 is 2.09 bits per heavy atom. The van der Waals surface area contributed by atoms with Gasteiger partial charge in [-0.3, -0.25) is 4.99 Å². The molecule has 7 nitrogen and oxygen atoms in total. The summed E-state index contributed by atoms with van der Waals surface area (Å²) < 4.78 is 0. The highest BCUT2D eigenvalue weighted by Crippen LogP contribution is 1.73. The van der Waals surface area contributed by atoms with E-state index in [0.717, 1.165) is 13.0 Å². The molecule has 0 radical (unpaired) electrons. The lowest BCUT2D eigenvalue weighted by atomic mass is 10.5. The summed E-state index contributed by atoms with van der Waals surface area (Å²) in [7, 11) is 0. The molecule has 0 aliphatic heterocycles. The number of aliphatic imine (C=N–C) groups is 1. The van der Waals surface area contributed by atoms with Crippen LogP contribution in [0.2, 0.25) is 0 Å². The Balaban J connectivity index is 0. The summed E-state index contributed by atoms with van der Waals surface area (Å²) in [6.45, 7) is 2.76. The first-order valence-electron chi connectivity index (χ1n) is 2.89. The smallest absolute Gasteiger partial charge is 0.291 e. The fourth-order valence-electron chi connectivity index (χ4n) is 0.241. The van der Waals surface area contributed by atoms with E-state index in [1.54, 1.807) is 0 Å². The van der Waals surface area contributed by atoms with Crippen LogP contribution in [0.5, 0.6) is 0 Å². The van der Waals surface area contributed by atoms with Crippen LogP contribution in [0, 0.1) is 10.1 Å². The Bertz CT molecular complexity index is 127. The first kappa shape index (κ1) is 12.2. The Labute approximate surface area is 63.8 Å². The van der Waals surface area contributed by atoms with Crippen LogP contribution < -0.4 is 11.5 Å². The van der Waals surface area contributed by atoms with Crippen molar-refractivity contribution in [3.8, 4) is 0 Å². The highest BCUT2D eigenvalue weighted by atomic mass is 16.9. The van der Waals surface area contributed by atoms with Crippen LogP contribution in [0.25, 0.3) is 0 Å². The molecule has 0 aromatic carbocycles. The lowest BCUT2D eigenvalue weighted by molar-refractivity contribution is -0.742. The van der Waals surface area contributed by atoms with Crippen LogP contribution in [0.1, 0.15) is 13.3 Å². The molecule has 0 aromatic rings. The van der Waals surface area contributed by atoms with Gasteiger partial charge in [0, 0.05) is 6.54 Å². The molecular weight excluding hydrogens is 152 g/mol. The van der Waals surface area contributed by atoms with Gasteiger partial charge >= 0.3 is 0 Å². The van der Waals surface area contributed by atoms with E-state index < -0.39 is 5.09 Å². The standard InChI is InChI=1S/C4H11N3.HNO3/c1-2-3-7-4(5)6;2-1(3)4/h2-3H2,1H3,(H4,5,6,7);(H,2,3,4). The van der Waals surface area contributed by atoms with Gasteiger partial charge < -0.3 is 16.7 Å². The van der Waals surface area contributed by atoms with Gasteiger partial charge in [0.05, 0.1) is 0 Å². The Hall–Kier alpha value is -1.53. The number of nitrogens with zero attached hydrogens (tertiary/aromatic N) is 2. The molecule has 0 heterocycles. The van der Waals surface area contributed by atoms with Crippen LogP contribution in [0.3, 0.4) is 0 Å². The van der Waals surface area contributed by atoms with Crippen LogP contribution in [-0.2, 0) is 0 Å². The minimum absolute atomic E-state index is 0.182. The van der Waals surface area contributed by atoms with Gasteiger partial charge in [-0.1, -0.05) is 6.92 Å². The Morgan fingerprint density at radius 3 is 2.18 bits per heavy atom. The van der Waals surface area contributed by atoms with Gasteiger partial charge in [-0.25, -0.2) is 0 Å². The van der Waals surface area contributed by atoms with E-state index in [-0.39, 0.29) is 5.96 Å². The molecule has 0 aliphatic rings. The average molecular weight is 164 g/mol. The number of rotatable bonds is 2. The van der Waals surface area contributed by atoms with Crippen molar-refractivity contribution in [1.29, 1.82) is 0 Å². The summed E-state index contributed by atoms with van der Waals surface area (Å²) in [6, 6.07) is 0. The molecule has 7 heteroatoms. The first-order chi connectivity index (χ1) is 5.00. The van der Waals surface area contributed by atoms with Gasteiger partial charge in [-0.15, -0.1) is 10.1 Å². The van der Waals surface area contributed by atoms with E-state index in [0.29, 0.717) is 0 Å². The maximum atomic E-state index is 8.36. The van der Waals surface area contributed by atoms with Crippen molar-refractivity contribution in [2.24, 2.45) is 16.5 Å².